The van der Waals surface area contributed by atoms with Gasteiger partial charge in [-0.25, -0.2) is 9.82 Å². The van der Waals surface area contributed by atoms with E-state index in [1.807, 2.05) is 0 Å². The van der Waals surface area contributed by atoms with Crippen LogP contribution in [0.1, 0.15) is 33.2 Å². The summed E-state index contributed by atoms with van der Waals surface area (Å²) in [5.41, 5.74) is 4.62. The van der Waals surface area contributed by atoms with E-state index in [-0.39, 0.29) is 11.5 Å². The minimum absolute atomic E-state index is 0.0416. The molecular weight excluding hydrogens is 385 g/mol. The van der Waals surface area contributed by atoms with Crippen LogP contribution in [-0.2, 0) is 0 Å². The number of rotatable bonds is 6. The minimum atomic E-state index is -0.592. The SMILES string of the molecule is COc1ccc(C(=O)N/N=C(/C)c2cccc(NC(=O)c3ccccc3F)c2)cc1. The smallest absolute Gasteiger partial charge is 0.271 e. The van der Waals surface area contributed by atoms with E-state index in [2.05, 4.69) is 15.8 Å². The molecule has 6 nitrogen and oxygen atoms in total. The number of anilines is 1. The van der Waals surface area contributed by atoms with Crippen LogP contribution in [-0.4, -0.2) is 24.6 Å². The molecule has 3 aromatic carbocycles. The number of hydrogen-bond donors (Lipinski definition) is 2. The molecule has 0 aromatic heterocycles. The molecule has 7 heteroatoms. The molecular formula is C23H20FN3O3. The highest BCUT2D eigenvalue weighted by Gasteiger charge is 2.11. The number of nitrogens with zero attached hydrogens (tertiary/aromatic N) is 1. The Kier molecular flexibility index (Phi) is 6.54. The number of carbonyl (C=O) groups is 2. The summed E-state index contributed by atoms with van der Waals surface area (Å²) in [6, 6.07) is 19.3. The van der Waals surface area contributed by atoms with E-state index in [4.69, 9.17) is 4.74 Å². The molecule has 3 aromatic rings. The summed E-state index contributed by atoms with van der Waals surface area (Å²) in [6.45, 7) is 1.73. The zero-order valence-electron chi connectivity index (χ0n) is 16.5. The normalized spacial score (nSPS) is 11.0. The summed E-state index contributed by atoms with van der Waals surface area (Å²) in [5, 5.41) is 6.78. The molecule has 2 N–H and O–H groups in total. The van der Waals surface area contributed by atoms with Gasteiger partial charge in [0.15, 0.2) is 0 Å². The monoisotopic (exact) mass is 405 g/mol. The van der Waals surface area contributed by atoms with Crippen LogP contribution in [0.5, 0.6) is 5.75 Å². The molecule has 0 saturated heterocycles. The number of amides is 2. The van der Waals surface area contributed by atoms with Gasteiger partial charge < -0.3 is 10.1 Å². The van der Waals surface area contributed by atoms with Crippen LogP contribution in [0.3, 0.4) is 0 Å². The Bertz CT molecular complexity index is 1090. The predicted octanol–water partition coefficient (Wildman–Crippen LogP) is 4.24. The minimum Gasteiger partial charge on any atom is -0.497 e. The van der Waals surface area contributed by atoms with Gasteiger partial charge in [-0.3, -0.25) is 9.59 Å². The number of carbonyl (C=O) groups excluding carboxylic acids is 2. The Labute approximate surface area is 173 Å². The van der Waals surface area contributed by atoms with Gasteiger partial charge in [0.25, 0.3) is 11.8 Å². The molecule has 0 heterocycles. The largest absolute Gasteiger partial charge is 0.497 e. The molecule has 3 rings (SSSR count). The van der Waals surface area contributed by atoms with Crippen molar-refractivity contribution in [3.05, 3.63) is 95.3 Å². The van der Waals surface area contributed by atoms with E-state index in [9.17, 15) is 14.0 Å². The van der Waals surface area contributed by atoms with Crippen molar-refractivity contribution in [3.8, 4) is 5.75 Å². The molecule has 0 aliphatic heterocycles. The van der Waals surface area contributed by atoms with E-state index >= 15 is 0 Å². The average molecular weight is 405 g/mol. The van der Waals surface area contributed by atoms with Crippen LogP contribution in [0.15, 0.2) is 77.9 Å². The molecule has 0 bridgehead atoms. The van der Waals surface area contributed by atoms with Crippen molar-refractivity contribution in [2.45, 2.75) is 6.92 Å². The Morgan fingerprint density at radius 3 is 2.33 bits per heavy atom. The summed E-state index contributed by atoms with van der Waals surface area (Å²) < 4.78 is 18.8. The van der Waals surface area contributed by atoms with Crippen molar-refractivity contribution in [3.63, 3.8) is 0 Å². The Morgan fingerprint density at radius 1 is 0.900 bits per heavy atom. The molecule has 0 aliphatic rings. The van der Waals surface area contributed by atoms with Crippen molar-refractivity contribution in [2.75, 3.05) is 12.4 Å². The first-order chi connectivity index (χ1) is 14.5. The van der Waals surface area contributed by atoms with Crippen molar-refractivity contribution in [2.24, 2.45) is 5.10 Å². The summed E-state index contributed by atoms with van der Waals surface area (Å²) in [5.74, 6) is -0.848. The summed E-state index contributed by atoms with van der Waals surface area (Å²) in [7, 11) is 1.55. The van der Waals surface area contributed by atoms with Gasteiger partial charge in [-0.05, 0) is 61.0 Å². The molecule has 30 heavy (non-hydrogen) atoms. The Morgan fingerprint density at radius 2 is 1.63 bits per heavy atom. The van der Waals surface area contributed by atoms with Crippen LogP contribution in [0.25, 0.3) is 0 Å². The maximum atomic E-state index is 13.8. The fourth-order valence-corrected chi connectivity index (χ4v) is 2.67. The third-order valence-corrected chi connectivity index (χ3v) is 4.33. The lowest BCUT2D eigenvalue weighted by molar-refractivity contribution is 0.0954. The molecule has 0 radical (unpaired) electrons. The third kappa shape index (κ3) is 5.08. The first kappa shape index (κ1) is 20.7. The van der Waals surface area contributed by atoms with Gasteiger partial charge in [0.05, 0.1) is 18.4 Å². The fourth-order valence-electron chi connectivity index (χ4n) is 2.67. The van der Waals surface area contributed by atoms with Crippen LogP contribution in [0.4, 0.5) is 10.1 Å². The van der Waals surface area contributed by atoms with Gasteiger partial charge >= 0.3 is 0 Å². The Balaban J connectivity index is 1.69. The first-order valence-corrected chi connectivity index (χ1v) is 9.13. The highest BCUT2D eigenvalue weighted by atomic mass is 19.1. The molecule has 0 fully saturated rings. The number of halogens is 1. The van der Waals surface area contributed by atoms with Crippen LogP contribution in [0.2, 0.25) is 0 Å². The maximum absolute atomic E-state index is 13.8. The molecule has 0 atom stereocenters. The fraction of sp³-hybridized carbons (Fsp3) is 0.0870. The molecule has 152 valence electrons. The lowest BCUT2D eigenvalue weighted by Crippen LogP contribution is -2.19. The highest BCUT2D eigenvalue weighted by Crippen LogP contribution is 2.15. The van der Waals surface area contributed by atoms with Crippen molar-refractivity contribution >= 4 is 23.2 Å². The standard InChI is InChI=1S/C23H20FN3O3/c1-15(26-27-22(28)16-10-12-19(30-2)13-11-16)17-6-5-7-18(14-17)25-23(29)20-8-3-4-9-21(20)24/h3-14H,1-2H3,(H,25,29)(H,27,28)/b26-15-. The van der Waals surface area contributed by atoms with E-state index in [0.29, 0.717) is 28.3 Å². The zero-order valence-corrected chi connectivity index (χ0v) is 16.5. The predicted molar refractivity (Wildman–Crippen MR) is 113 cm³/mol. The zero-order chi connectivity index (χ0) is 21.5. The van der Waals surface area contributed by atoms with E-state index in [0.717, 1.165) is 0 Å². The molecule has 0 unspecified atom stereocenters. The van der Waals surface area contributed by atoms with Gasteiger partial charge in [-0.2, -0.15) is 5.10 Å². The Hall–Kier alpha value is -4.00. The molecule has 0 spiro atoms. The highest BCUT2D eigenvalue weighted by molar-refractivity contribution is 6.06. The quantitative estimate of drug-likeness (QED) is 0.476. The van der Waals surface area contributed by atoms with Crippen LogP contribution < -0.4 is 15.5 Å². The number of methoxy groups -OCH3 is 1. The van der Waals surface area contributed by atoms with Crippen molar-refractivity contribution in [1.82, 2.24) is 5.43 Å². The lowest BCUT2D eigenvalue weighted by atomic mass is 10.1. The maximum Gasteiger partial charge on any atom is 0.271 e. The van der Waals surface area contributed by atoms with Crippen molar-refractivity contribution in [1.29, 1.82) is 0 Å². The first-order valence-electron chi connectivity index (χ1n) is 9.13. The number of hydrazone groups is 1. The average Bonchev–Trinajstić information content (AvgIpc) is 2.77. The van der Waals surface area contributed by atoms with Gasteiger partial charge in [-0.1, -0.05) is 24.3 Å². The topological polar surface area (TPSA) is 79.8 Å². The van der Waals surface area contributed by atoms with Gasteiger partial charge in [0.2, 0.25) is 0 Å². The molecule has 0 aliphatic carbocycles. The summed E-state index contributed by atoms with van der Waals surface area (Å²) in [6.07, 6.45) is 0. The number of nitrogens with one attached hydrogen (secondary N) is 2. The lowest BCUT2D eigenvalue weighted by Gasteiger charge is -2.08. The third-order valence-electron chi connectivity index (χ3n) is 4.33. The summed E-state index contributed by atoms with van der Waals surface area (Å²) >= 11 is 0. The molecule has 2 amide bonds. The molecule has 0 saturated carbocycles. The van der Waals surface area contributed by atoms with Gasteiger partial charge in [0, 0.05) is 11.3 Å². The van der Waals surface area contributed by atoms with Crippen molar-refractivity contribution < 1.29 is 18.7 Å². The second-order valence-electron chi connectivity index (χ2n) is 6.38. The second-order valence-corrected chi connectivity index (χ2v) is 6.38. The number of ether oxygens (including phenoxy) is 1. The summed E-state index contributed by atoms with van der Waals surface area (Å²) in [4.78, 5) is 24.5. The van der Waals surface area contributed by atoms with Crippen LogP contribution >= 0.6 is 0 Å². The van der Waals surface area contributed by atoms with E-state index in [1.54, 1.807) is 68.6 Å². The second kappa shape index (κ2) is 9.47. The number of benzene rings is 3. The van der Waals surface area contributed by atoms with Gasteiger partial charge in [0.1, 0.15) is 11.6 Å². The number of hydrogen-bond acceptors (Lipinski definition) is 4. The van der Waals surface area contributed by atoms with Gasteiger partial charge in [-0.15, -0.1) is 0 Å². The van der Waals surface area contributed by atoms with E-state index < -0.39 is 11.7 Å². The van der Waals surface area contributed by atoms with Crippen LogP contribution in [0, 0.1) is 5.82 Å². The van der Waals surface area contributed by atoms with E-state index in [1.165, 1.54) is 18.2 Å².